The minimum atomic E-state index is -0.339. The van der Waals surface area contributed by atoms with Crippen LogP contribution >= 0.6 is 0 Å². The third-order valence-electron chi connectivity index (χ3n) is 4.64. The first kappa shape index (κ1) is 14.8. The Bertz CT molecular complexity index is 949. The molecule has 1 aromatic carbocycles. The summed E-state index contributed by atoms with van der Waals surface area (Å²) < 4.78 is 13.5. The number of carbonyl (C=O) groups excluding carboxylic acids is 1. The summed E-state index contributed by atoms with van der Waals surface area (Å²) in [7, 11) is 0. The van der Waals surface area contributed by atoms with E-state index >= 15 is 0 Å². The number of fused-ring (bicyclic) bond motifs is 2. The van der Waals surface area contributed by atoms with Crippen LogP contribution in [-0.4, -0.2) is 32.3 Å². The molecule has 1 N–H and O–H groups in total. The molecule has 3 aromatic rings. The normalized spacial score (nSPS) is 17.1. The maximum absolute atomic E-state index is 13.5. The Hall–Kier alpha value is -2.76. The van der Waals surface area contributed by atoms with E-state index in [0.717, 1.165) is 17.7 Å². The summed E-state index contributed by atoms with van der Waals surface area (Å²) in [6.07, 6.45) is 2.50. The lowest BCUT2D eigenvalue weighted by molar-refractivity contribution is 0.0665. The minimum absolute atomic E-state index is 0.0685. The van der Waals surface area contributed by atoms with Crippen molar-refractivity contribution in [2.24, 2.45) is 0 Å². The summed E-state index contributed by atoms with van der Waals surface area (Å²) in [4.78, 5) is 26.4. The fourth-order valence-electron chi connectivity index (χ4n) is 3.39. The Morgan fingerprint density at radius 3 is 3.08 bits per heavy atom. The number of amides is 1. The van der Waals surface area contributed by atoms with Crippen molar-refractivity contribution in [3.8, 4) is 0 Å². The van der Waals surface area contributed by atoms with Gasteiger partial charge in [-0.05, 0) is 43.2 Å². The number of aryl methyl sites for hydroxylation is 1. The van der Waals surface area contributed by atoms with Crippen molar-refractivity contribution < 1.29 is 9.18 Å². The average molecular weight is 324 g/mol. The van der Waals surface area contributed by atoms with Gasteiger partial charge in [0.15, 0.2) is 5.82 Å². The number of rotatable bonds is 1. The molecule has 6 heteroatoms. The van der Waals surface area contributed by atoms with Crippen molar-refractivity contribution in [2.75, 3.05) is 6.54 Å². The largest absolute Gasteiger partial charge is 0.334 e. The number of hydrogen-bond donors (Lipinski definition) is 1. The van der Waals surface area contributed by atoms with Crippen LogP contribution in [0.25, 0.3) is 11.0 Å². The van der Waals surface area contributed by atoms with Gasteiger partial charge in [-0.3, -0.25) is 9.78 Å². The molecular formula is C18H17FN4O. The lowest BCUT2D eigenvalue weighted by Gasteiger charge is -2.34. The first-order valence-corrected chi connectivity index (χ1v) is 7.95. The second-order valence-electron chi connectivity index (χ2n) is 6.17. The van der Waals surface area contributed by atoms with E-state index in [1.54, 1.807) is 18.0 Å². The quantitative estimate of drug-likeness (QED) is 0.748. The molecule has 1 aliphatic rings. The van der Waals surface area contributed by atoms with Gasteiger partial charge in [-0.25, -0.2) is 9.37 Å². The van der Waals surface area contributed by atoms with Gasteiger partial charge in [-0.1, -0.05) is 6.07 Å². The molecule has 0 bridgehead atoms. The molecule has 24 heavy (non-hydrogen) atoms. The Balaban J connectivity index is 1.71. The smallest absolute Gasteiger partial charge is 0.290 e. The Kier molecular flexibility index (Phi) is 3.33. The van der Waals surface area contributed by atoms with Gasteiger partial charge in [0.2, 0.25) is 0 Å². The highest BCUT2D eigenvalue weighted by Crippen LogP contribution is 2.29. The Labute approximate surface area is 138 Å². The van der Waals surface area contributed by atoms with Crippen LogP contribution in [0.5, 0.6) is 0 Å². The number of aromatic nitrogens is 3. The van der Waals surface area contributed by atoms with E-state index in [1.165, 1.54) is 12.1 Å². The Morgan fingerprint density at radius 1 is 1.42 bits per heavy atom. The number of halogens is 1. The maximum atomic E-state index is 13.5. The summed E-state index contributed by atoms with van der Waals surface area (Å²) in [5, 5.41) is 0. The third-order valence-corrected chi connectivity index (χ3v) is 4.64. The van der Waals surface area contributed by atoms with E-state index < -0.39 is 0 Å². The predicted octanol–water partition coefficient (Wildman–Crippen LogP) is 3.16. The molecule has 0 unspecified atom stereocenters. The highest BCUT2D eigenvalue weighted by atomic mass is 19.1. The van der Waals surface area contributed by atoms with Crippen molar-refractivity contribution in [1.29, 1.82) is 0 Å². The summed E-state index contributed by atoms with van der Waals surface area (Å²) in [6, 6.07) is 6.61. The highest BCUT2D eigenvalue weighted by Gasteiger charge is 2.30. The van der Waals surface area contributed by atoms with Crippen molar-refractivity contribution in [3.05, 3.63) is 58.9 Å². The van der Waals surface area contributed by atoms with E-state index in [-0.39, 0.29) is 23.6 Å². The van der Waals surface area contributed by atoms with Crippen LogP contribution in [0.15, 0.2) is 30.5 Å². The van der Waals surface area contributed by atoms with Gasteiger partial charge in [0, 0.05) is 24.9 Å². The molecular weight excluding hydrogens is 307 g/mol. The van der Waals surface area contributed by atoms with Crippen LogP contribution in [0, 0.1) is 12.7 Å². The number of nitrogens with zero attached hydrogens (tertiary/aromatic N) is 3. The van der Waals surface area contributed by atoms with Crippen LogP contribution in [0.3, 0.4) is 0 Å². The lowest BCUT2D eigenvalue weighted by atomic mass is 9.98. The van der Waals surface area contributed by atoms with E-state index in [0.29, 0.717) is 23.1 Å². The third kappa shape index (κ3) is 2.26. The first-order valence-electron chi connectivity index (χ1n) is 7.95. The zero-order chi connectivity index (χ0) is 16.8. The van der Waals surface area contributed by atoms with E-state index in [2.05, 4.69) is 15.0 Å². The number of H-pyrrole nitrogens is 1. The first-order chi connectivity index (χ1) is 11.5. The number of nitrogens with one attached hydrogen (secondary N) is 1. The molecule has 5 nitrogen and oxygen atoms in total. The minimum Gasteiger partial charge on any atom is -0.334 e. The van der Waals surface area contributed by atoms with E-state index in [1.807, 2.05) is 19.1 Å². The second kappa shape index (κ2) is 5.40. The molecule has 0 spiro atoms. The van der Waals surface area contributed by atoms with Crippen molar-refractivity contribution in [1.82, 2.24) is 19.9 Å². The number of benzene rings is 1. The Morgan fingerprint density at radius 2 is 2.25 bits per heavy atom. The fourth-order valence-corrected chi connectivity index (χ4v) is 3.39. The van der Waals surface area contributed by atoms with Gasteiger partial charge in [-0.15, -0.1) is 0 Å². The fraction of sp³-hybridized carbons (Fsp3) is 0.278. The van der Waals surface area contributed by atoms with Crippen molar-refractivity contribution in [3.63, 3.8) is 0 Å². The van der Waals surface area contributed by atoms with Gasteiger partial charge in [0.1, 0.15) is 5.82 Å². The van der Waals surface area contributed by atoms with Gasteiger partial charge in [0.05, 0.1) is 17.1 Å². The average Bonchev–Trinajstić information content (AvgIpc) is 2.99. The molecule has 122 valence electrons. The number of imidazole rings is 1. The molecule has 1 amide bonds. The van der Waals surface area contributed by atoms with E-state index in [4.69, 9.17) is 0 Å². The predicted molar refractivity (Wildman–Crippen MR) is 88.2 cm³/mol. The summed E-state index contributed by atoms with van der Waals surface area (Å²) >= 11 is 0. The number of hydrogen-bond acceptors (Lipinski definition) is 3. The highest BCUT2D eigenvalue weighted by molar-refractivity contribution is 5.95. The zero-order valence-corrected chi connectivity index (χ0v) is 13.5. The topological polar surface area (TPSA) is 61.9 Å². The molecule has 2 aromatic heterocycles. The summed E-state index contributed by atoms with van der Waals surface area (Å²) in [5.41, 5.74) is 3.99. The zero-order valence-electron chi connectivity index (χ0n) is 13.5. The van der Waals surface area contributed by atoms with Gasteiger partial charge < -0.3 is 9.88 Å². The number of carbonyl (C=O) groups is 1. The molecule has 0 radical (unpaired) electrons. The van der Waals surface area contributed by atoms with Crippen molar-refractivity contribution in [2.45, 2.75) is 26.3 Å². The monoisotopic (exact) mass is 324 g/mol. The number of aromatic amines is 1. The van der Waals surface area contributed by atoms with Crippen molar-refractivity contribution >= 4 is 16.9 Å². The number of pyridine rings is 1. The van der Waals surface area contributed by atoms with Crippen LogP contribution < -0.4 is 0 Å². The van der Waals surface area contributed by atoms with Crippen LogP contribution in [0.1, 0.15) is 40.4 Å². The standard InChI is InChI=1S/C18H17FN4O/c1-10-8-12(19)9-15-16(10)22-17(21-15)18(24)23-7-5-14-13(11(23)2)4-3-6-20-14/h3-4,6,8-9,11H,5,7H2,1-2H3,(H,21,22)/t11-/m1/s1. The van der Waals surface area contributed by atoms with Crippen LogP contribution in [0.2, 0.25) is 0 Å². The molecule has 0 fully saturated rings. The molecule has 3 heterocycles. The van der Waals surface area contributed by atoms with Crippen LogP contribution in [-0.2, 0) is 6.42 Å². The van der Waals surface area contributed by atoms with Gasteiger partial charge in [-0.2, -0.15) is 0 Å². The molecule has 1 atom stereocenters. The SMILES string of the molecule is Cc1cc(F)cc2[nH]c(C(=O)N3CCc4ncccc4[C@H]3C)nc12. The van der Waals surface area contributed by atoms with Gasteiger partial charge >= 0.3 is 0 Å². The van der Waals surface area contributed by atoms with E-state index in [9.17, 15) is 9.18 Å². The summed E-state index contributed by atoms with van der Waals surface area (Å²) in [6.45, 7) is 4.37. The molecule has 0 saturated heterocycles. The maximum Gasteiger partial charge on any atom is 0.290 e. The summed E-state index contributed by atoms with van der Waals surface area (Å²) in [5.74, 6) is -0.264. The lowest BCUT2D eigenvalue weighted by Crippen LogP contribution is -2.39. The van der Waals surface area contributed by atoms with Crippen LogP contribution in [0.4, 0.5) is 4.39 Å². The second-order valence-corrected chi connectivity index (χ2v) is 6.17. The molecule has 0 saturated carbocycles. The molecule has 0 aliphatic carbocycles. The molecule has 1 aliphatic heterocycles. The molecule has 4 rings (SSSR count). The van der Waals surface area contributed by atoms with Gasteiger partial charge in [0.25, 0.3) is 5.91 Å².